The average molecular weight is 495 g/mol. The fourth-order valence-corrected chi connectivity index (χ4v) is 5.24. The van der Waals surface area contributed by atoms with Crippen LogP contribution in [-0.2, 0) is 24.3 Å². The van der Waals surface area contributed by atoms with Gasteiger partial charge in [0.05, 0.1) is 31.2 Å². The lowest BCUT2D eigenvalue weighted by molar-refractivity contribution is -0.119. The van der Waals surface area contributed by atoms with Gasteiger partial charge in [0.2, 0.25) is 21.8 Å². The number of hydrogen-bond acceptors (Lipinski definition) is 6. The number of benzene rings is 2. The molecule has 2 aromatic carbocycles. The molecule has 11 heteroatoms. The molecule has 0 unspecified atom stereocenters. The summed E-state index contributed by atoms with van der Waals surface area (Å²) in [5.74, 6) is -0.659. The first-order valence-electron chi connectivity index (χ1n) is 10.4. The highest BCUT2D eigenvalue weighted by molar-refractivity contribution is 7.89. The van der Waals surface area contributed by atoms with Gasteiger partial charge in [-0.25, -0.2) is 8.42 Å². The van der Waals surface area contributed by atoms with E-state index in [-0.39, 0.29) is 29.8 Å². The maximum absolute atomic E-state index is 13.0. The molecule has 2 N–H and O–H groups in total. The standard InChI is InChI=1S/C22H27ClN4O5S/c1-16-6-7-19(13-20(16)33(30,31)27-8-10-32-11-9-27)25-22(29)15-26(2)14-21(28)24-18-5-3-4-17(23)12-18/h3-7,12-13H,8-11,14-15H2,1-2H3,(H,24,28)(H,25,29). The number of nitrogens with one attached hydrogen (secondary N) is 2. The summed E-state index contributed by atoms with van der Waals surface area (Å²) in [6.07, 6.45) is 0. The topological polar surface area (TPSA) is 108 Å². The number of hydrogen-bond donors (Lipinski definition) is 2. The van der Waals surface area contributed by atoms with Crippen LogP contribution in [0.1, 0.15) is 5.56 Å². The maximum atomic E-state index is 13.0. The lowest BCUT2D eigenvalue weighted by Crippen LogP contribution is -2.40. The summed E-state index contributed by atoms with van der Waals surface area (Å²) in [6.45, 7) is 2.94. The first kappa shape index (κ1) is 25.1. The van der Waals surface area contributed by atoms with Crippen LogP contribution >= 0.6 is 11.6 Å². The quantitative estimate of drug-likeness (QED) is 0.582. The van der Waals surface area contributed by atoms with Crippen LogP contribution in [0.15, 0.2) is 47.4 Å². The van der Waals surface area contributed by atoms with Crippen molar-refractivity contribution in [3.63, 3.8) is 0 Å². The molecule has 0 spiro atoms. The molecule has 0 aliphatic carbocycles. The Hall–Kier alpha value is -2.50. The third kappa shape index (κ3) is 6.99. The van der Waals surface area contributed by atoms with Gasteiger partial charge in [0.1, 0.15) is 0 Å². The summed E-state index contributed by atoms with van der Waals surface area (Å²) in [6, 6.07) is 11.6. The SMILES string of the molecule is Cc1ccc(NC(=O)CN(C)CC(=O)Nc2cccc(Cl)c2)cc1S(=O)(=O)N1CCOCC1. The predicted molar refractivity (Wildman–Crippen MR) is 127 cm³/mol. The number of rotatable bonds is 8. The van der Waals surface area contributed by atoms with E-state index in [0.717, 1.165) is 0 Å². The monoisotopic (exact) mass is 494 g/mol. The molecule has 2 aromatic rings. The normalized spacial score (nSPS) is 14.8. The summed E-state index contributed by atoms with van der Waals surface area (Å²) in [4.78, 5) is 26.4. The van der Waals surface area contributed by atoms with Gasteiger partial charge >= 0.3 is 0 Å². The molecule has 1 saturated heterocycles. The molecule has 33 heavy (non-hydrogen) atoms. The molecule has 0 aromatic heterocycles. The van der Waals surface area contributed by atoms with E-state index in [2.05, 4.69) is 10.6 Å². The van der Waals surface area contributed by atoms with E-state index in [4.69, 9.17) is 16.3 Å². The lowest BCUT2D eigenvalue weighted by Gasteiger charge is -2.27. The Bertz CT molecular complexity index is 1120. The van der Waals surface area contributed by atoms with Crippen molar-refractivity contribution in [2.24, 2.45) is 0 Å². The summed E-state index contributed by atoms with van der Waals surface area (Å²) < 4.78 is 32.6. The van der Waals surface area contributed by atoms with Gasteiger partial charge in [0.15, 0.2) is 0 Å². The van der Waals surface area contributed by atoms with Crippen molar-refractivity contribution >= 4 is 44.8 Å². The number of morpholine rings is 1. The summed E-state index contributed by atoms with van der Waals surface area (Å²) in [7, 11) is -2.05. The minimum absolute atomic E-state index is 0.00943. The van der Waals surface area contributed by atoms with Gasteiger partial charge in [-0.05, 0) is 49.9 Å². The van der Waals surface area contributed by atoms with Crippen molar-refractivity contribution in [2.45, 2.75) is 11.8 Å². The molecule has 1 heterocycles. The highest BCUT2D eigenvalue weighted by atomic mass is 35.5. The third-order valence-corrected chi connectivity index (χ3v) is 7.27. The molecule has 9 nitrogen and oxygen atoms in total. The Kier molecular flexibility index (Phi) is 8.44. The van der Waals surface area contributed by atoms with E-state index < -0.39 is 10.0 Å². The molecule has 178 valence electrons. The second-order valence-electron chi connectivity index (χ2n) is 7.78. The Morgan fingerprint density at radius 2 is 1.64 bits per heavy atom. The fourth-order valence-electron chi connectivity index (χ4n) is 3.40. The molecule has 1 fully saturated rings. The van der Waals surface area contributed by atoms with Gasteiger partial charge in [0.25, 0.3) is 0 Å². The molecular formula is C22H27ClN4O5S. The number of carbonyl (C=O) groups excluding carboxylic acids is 2. The summed E-state index contributed by atoms with van der Waals surface area (Å²) >= 11 is 5.91. The highest BCUT2D eigenvalue weighted by Gasteiger charge is 2.28. The van der Waals surface area contributed by atoms with E-state index in [1.807, 2.05) is 0 Å². The van der Waals surface area contributed by atoms with Gasteiger partial charge in [-0.3, -0.25) is 14.5 Å². The van der Waals surface area contributed by atoms with Crippen molar-refractivity contribution in [3.8, 4) is 0 Å². The Labute approximate surface area is 198 Å². The average Bonchev–Trinajstić information content (AvgIpc) is 2.75. The van der Waals surface area contributed by atoms with Gasteiger partial charge in [-0.1, -0.05) is 23.7 Å². The Balaban J connectivity index is 1.58. The van der Waals surface area contributed by atoms with Crippen molar-refractivity contribution in [2.75, 3.05) is 57.1 Å². The predicted octanol–water partition coefficient (Wildman–Crippen LogP) is 2.18. The number of likely N-dealkylation sites (N-methyl/N-ethyl adjacent to an activating group) is 1. The largest absolute Gasteiger partial charge is 0.379 e. The van der Waals surface area contributed by atoms with Crippen LogP contribution < -0.4 is 10.6 Å². The number of carbonyl (C=O) groups is 2. The van der Waals surface area contributed by atoms with Crippen molar-refractivity contribution < 1.29 is 22.7 Å². The van der Waals surface area contributed by atoms with Crippen LogP contribution in [0, 0.1) is 6.92 Å². The van der Waals surface area contributed by atoms with Gasteiger partial charge < -0.3 is 15.4 Å². The molecule has 1 aliphatic heterocycles. The number of aryl methyl sites for hydroxylation is 1. The fraction of sp³-hybridized carbons (Fsp3) is 0.364. The second kappa shape index (κ2) is 11.1. The van der Waals surface area contributed by atoms with Crippen LogP contribution in [0.2, 0.25) is 5.02 Å². The smallest absolute Gasteiger partial charge is 0.243 e. The van der Waals surface area contributed by atoms with Crippen LogP contribution in [0.5, 0.6) is 0 Å². The zero-order chi connectivity index (χ0) is 24.0. The number of anilines is 2. The number of ether oxygens (including phenoxy) is 1. The van der Waals surface area contributed by atoms with E-state index in [1.165, 1.54) is 10.4 Å². The van der Waals surface area contributed by atoms with E-state index in [9.17, 15) is 18.0 Å². The summed E-state index contributed by atoms with van der Waals surface area (Å²) in [5, 5.41) is 5.94. The molecule has 1 aliphatic rings. The van der Waals surface area contributed by atoms with Gasteiger partial charge in [-0.2, -0.15) is 4.31 Å². The maximum Gasteiger partial charge on any atom is 0.243 e. The van der Waals surface area contributed by atoms with E-state index in [1.54, 1.807) is 55.3 Å². The molecule has 2 amide bonds. The minimum atomic E-state index is -3.69. The number of halogens is 1. The molecule has 0 radical (unpaired) electrons. The molecule has 0 bridgehead atoms. The van der Waals surface area contributed by atoms with E-state index in [0.29, 0.717) is 48.3 Å². The number of nitrogens with zero attached hydrogens (tertiary/aromatic N) is 2. The van der Waals surface area contributed by atoms with Crippen LogP contribution in [0.25, 0.3) is 0 Å². The lowest BCUT2D eigenvalue weighted by atomic mass is 10.2. The first-order chi connectivity index (χ1) is 15.6. The van der Waals surface area contributed by atoms with Crippen molar-refractivity contribution in [1.82, 2.24) is 9.21 Å². The van der Waals surface area contributed by atoms with E-state index >= 15 is 0 Å². The third-order valence-electron chi connectivity index (χ3n) is 5.00. The van der Waals surface area contributed by atoms with Crippen LogP contribution in [-0.4, -0.2) is 75.9 Å². The Morgan fingerprint density at radius 1 is 1.03 bits per heavy atom. The van der Waals surface area contributed by atoms with Crippen LogP contribution in [0.3, 0.4) is 0 Å². The molecule has 0 saturated carbocycles. The van der Waals surface area contributed by atoms with Crippen LogP contribution in [0.4, 0.5) is 11.4 Å². The number of sulfonamides is 1. The zero-order valence-electron chi connectivity index (χ0n) is 18.5. The summed E-state index contributed by atoms with van der Waals surface area (Å²) in [5.41, 5.74) is 1.53. The highest BCUT2D eigenvalue weighted by Crippen LogP contribution is 2.24. The van der Waals surface area contributed by atoms with Gasteiger partial charge in [-0.15, -0.1) is 0 Å². The second-order valence-corrected chi connectivity index (χ2v) is 10.1. The minimum Gasteiger partial charge on any atom is -0.379 e. The van der Waals surface area contributed by atoms with Crippen molar-refractivity contribution in [1.29, 1.82) is 0 Å². The Morgan fingerprint density at radius 3 is 2.24 bits per heavy atom. The van der Waals surface area contributed by atoms with Gasteiger partial charge in [0, 0.05) is 29.5 Å². The first-order valence-corrected chi connectivity index (χ1v) is 12.2. The van der Waals surface area contributed by atoms with Crippen molar-refractivity contribution in [3.05, 3.63) is 53.1 Å². The molecular weight excluding hydrogens is 468 g/mol. The molecule has 3 rings (SSSR count). The zero-order valence-corrected chi connectivity index (χ0v) is 20.1. The molecule has 0 atom stereocenters. The number of amides is 2.